The van der Waals surface area contributed by atoms with Crippen LogP contribution in [0, 0.1) is 0 Å². The average molecular weight is 262 g/mol. The first kappa shape index (κ1) is 13.5. The Morgan fingerprint density at radius 3 is 3.06 bits per heavy atom. The third-order valence-electron chi connectivity index (χ3n) is 1.95. The van der Waals surface area contributed by atoms with Gasteiger partial charge in [-0.05, 0) is 28.8 Å². The third-order valence-corrected chi connectivity index (χ3v) is 2.84. The predicted molar refractivity (Wildman–Crippen MR) is 67.2 cm³/mol. The number of rotatable bonds is 8. The van der Waals surface area contributed by atoms with Gasteiger partial charge >= 0.3 is 0 Å². The SMILES string of the molecule is O=C(Cc1ccsc1)NCCCOCCCl. The van der Waals surface area contributed by atoms with Crippen LogP contribution in [0.4, 0.5) is 0 Å². The molecule has 0 aliphatic heterocycles. The molecule has 0 aliphatic carbocycles. The molecular weight excluding hydrogens is 246 g/mol. The van der Waals surface area contributed by atoms with E-state index in [1.54, 1.807) is 11.3 Å². The number of thiophene rings is 1. The summed E-state index contributed by atoms with van der Waals surface area (Å²) in [6.45, 7) is 1.88. The summed E-state index contributed by atoms with van der Waals surface area (Å²) in [5, 5.41) is 6.81. The lowest BCUT2D eigenvalue weighted by Crippen LogP contribution is -2.26. The summed E-state index contributed by atoms with van der Waals surface area (Å²) in [6.07, 6.45) is 1.29. The molecule has 1 aromatic rings. The number of hydrogen-bond acceptors (Lipinski definition) is 3. The number of amides is 1. The van der Waals surface area contributed by atoms with Crippen molar-refractivity contribution in [3.63, 3.8) is 0 Å². The topological polar surface area (TPSA) is 38.3 Å². The molecule has 0 radical (unpaired) electrons. The van der Waals surface area contributed by atoms with Gasteiger partial charge in [0, 0.05) is 19.0 Å². The van der Waals surface area contributed by atoms with E-state index in [0.717, 1.165) is 12.0 Å². The van der Waals surface area contributed by atoms with Crippen LogP contribution in [0.2, 0.25) is 0 Å². The monoisotopic (exact) mass is 261 g/mol. The molecule has 1 amide bonds. The second kappa shape index (κ2) is 8.56. The summed E-state index contributed by atoms with van der Waals surface area (Å²) >= 11 is 7.06. The van der Waals surface area contributed by atoms with E-state index in [2.05, 4.69) is 5.32 Å². The number of halogens is 1. The molecule has 0 unspecified atom stereocenters. The van der Waals surface area contributed by atoms with Crippen molar-refractivity contribution in [3.05, 3.63) is 22.4 Å². The van der Waals surface area contributed by atoms with E-state index in [0.29, 0.717) is 32.1 Å². The molecule has 0 saturated heterocycles. The Morgan fingerprint density at radius 1 is 1.50 bits per heavy atom. The Bertz CT molecular complexity index is 290. The Kier molecular flexibility index (Phi) is 7.21. The highest BCUT2D eigenvalue weighted by atomic mass is 35.5. The van der Waals surface area contributed by atoms with Gasteiger partial charge in [0.25, 0.3) is 0 Å². The third kappa shape index (κ3) is 6.10. The minimum atomic E-state index is 0.0655. The van der Waals surface area contributed by atoms with Gasteiger partial charge in [-0.2, -0.15) is 11.3 Å². The average Bonchev–Trinajstić information content (AvgIpc) is 2.76. The molecule has 0 aliphatic rings. The largest absolute Gasteiger partial charge is 0.380 e. The van der Waals surface area contributed by atoms with Crippen molar-refractivity contribution >= 4 is 28.8 Å². The first-order chi connectivity index (χ1) is 7.83. The maximum atomic E-state index is 11.4. The quantitative estimate of drug-likeness (QED) is 0.575. The van der Waals surface area contributed by atoms with E-state index in [-0.39, 0.29) is 5.91 Å². The van der Waals surface area contributed by atoms with Gasteiger partial charge in [0.1, 0.15) is 0 Å². The van der Waals surface area contributed by atoms with Crippen LogP contribution in [-0.4, -0.2) is 31.5 Å². The molecule has 0 fully saturated rings. The first-order valence-electron chi connectivity index (χ1n) is 5.24. The molecule has 1 rings (SSSR count). The lowest BCUT2D eigenvalue weighted by Gasteiger charge is -2.04. The summed E-state index contributed by atoms with van der Waals surface area (Å²) in [5.41, 5.74) is 1.07. The minimum Gasteiger partial charge on any atom is -0.380 e. The summed E-state index contributed by atoms with van der Waals surface area (Å²) < 4.78 is 5.19. The molecule has 0 atom stereocenters. The van der Waals surface area contributed by atoms with Crippen molar-refractivity contribution in [2.45, 2.75) is 12.8 Å². The molecule has 1 heterocycles. The van der Waals surface area contributed by atoms with E-state index in [1.807, 2.05) is 16.8 Å². The fourth-order valence-electron chi connectivity index (χ4n) is 1.20. The van der Waals surface area contributed by atoms with E-state index >= 15 is 0 Å². The van der Waals surface area contributed by atoms with Crippen LogP contribution in [0.3, 0.4) is 0 Å². The van der Waals surface area contributed by atoms with Gasteiger partial charge in [-0.3, -0.25) is 4.79 Å². The van der Waals surface area contributed by atoms with Crippen LogP contribution in [0.1, 0.15) is 12.0 Å². The van der Waals surface area contributed by atoms with Gasteiger partial charge < -0.3 is 10.1 Å². The molecule has 1 aromatic heterocycles. The molecule has 5 heteroatoms. The summed E-state index contributed by atoms with van der Waals surface area (Å²) in [6, 6.07) is 1.97. The van der Waals surface area contributed by atoms with Gasteiger partial charge in [0.2, 0.25) is 5.91 Å². The number of nitrogens with one attached hydrogen (secondary N) is 1. The van der Waals surface area contributed by atoms with Crippen LogP contribution in [0.15, 0.2) is 16.8 Å². The Hall–Kier alpha value is -0.580. The Labute approximate surface area is 105 Å². The lowest BCUT2D eigenvalue weighted by atomic mass is 10.2. The number of carbonyl (C=O) groups is 1. The van der Waals surface area contributed by atoms with E-state index in [9.17, 15) is 4.79 Å². The lowest BCUT2D eigenvalue weighted by molar-refractivity contribution is -0.120. The van der Waals surface area contributed by atoms with Gasteiger partial charge in [-0.25, -0.2) is 0 Å². The number of carbonyl (C=O) groups excluding carboxylic acids is 1. The fraction of sp³-hybridized carbons (Fsp3) is 0.545. The normalized spacial score (nSPS) is 10.3. The van der Waals surface area contributed by atoms with Crippen molar-refractivity contribution in [1.82, 2.24) is 5.32 Å². The Balaban J connectivity index is 1.98. The van der Waals surface area contributed by atoms with Gasteiger partial charge in [-0.1, -0.05) is 0 Å². The zero-order chi connectivity index (χ0) is 11.6. The molecule has 0 spiro atoms. The van der Waals surface area contributed by atoms with Gasteiger partial charge in [0.15, 0.2) is 0 Å². The summed E-state index contributed by atoms with van der Waals surface area (Å²) in [4.78, 5) is 11.4. The van der Waals surface area contributed by atoms with Crippen molar-refractivity contribution in [1.29, 1.82) is 0 Å². The van der Waals surface area contributed by atoms with Gasteiger partial charge in [0.05, 0.1) is 13.0 Å². The number of alkyl halides is 1. The van der Waals surface area contributed by atoms with E-state index in [4.69, 9.17) is 16.3 Å². The summed E-state index contributed by atoms with van der Waals surface area (Å²) in [5.74, 6) is 0.584. The second-order valence-electron chi connectivity index (χ2n) is 3.31. The summed E-state index contributed by atoms with van der Waals surface area (Å²) in [7, 11) is 0. The highest BCUT2D eigenvalue weighted by Crippen LogP contribution is 2.06. The zero-order valence-electron chi connectivity index (χ0n) is 9.08. The molecule has 90 valence electrons. The maximum absolute atomic E-state index is 11.4. The van der Waals surface area contributed by atoms with Crippen molar-refractivity contribution in [2.24, 2.45) is 0 Å². The highest BCUT2D eigenvalue weighted by Gasteiger charge is 2.02. The smallest absolute Gasteiger partial charge is 0.224 e. The number of ether oxygens (including phenoxy) is 1. The van der Waals surface area contributed by atoms with Crippen LogP contribution in [0.5, 0.6) is 0 Å². The molecule has 0 aromatic carbocycles. The standard InChI is InChI=1S/C11H16ClNO2S/c12-3-6-15-5-1-4-13-11(14)8-10-2-7-16-9-10/h2,7,9H,1,3-6,8H2,(H,13,14). The molecule has 1 N–H and O–H groups in total. The molecule has 0 bridgehead atoms. The van der Waals surface area contributed by atoms with Crippen LogP contribution in [-0.2, 0) is 16.0 Å². The van der Waals surface area contributed by atoms with Crippen molar-refractivity contribution in [3.8, 4) is 0 Å². The molecular formula is C11H16ClNO2S. The minimum absolute atomic E-state index is 0.0655. The molecule has 16 heavy (non-hydrogen) atoms. The highest BCUT2D eigenvalue weighted by molar-refractivity contribution is 7.07. The molecule has 3 nitrogen and oxygen atoms in total. The van der Waals surface area contributed by atoms with Crippen molar-refractivity contribution in [2.75, 3.05) is 25.6 Å². The van der Waals surface area contributed by atoms with Crippen molar-refractivity contribution < 1.29 is 9.53 Å². The number of hydrogen-bond donors (Lipinski definition) is 1. The molecule has 0 saturated carbocycles. The van der Waals surface area contributed by atoms with Gasteiger partial charge in [-0.15, -0.1) is 11.6 Å². The van der Waals surface area contributed by atoms with Crippen LogP contribution >= 0.6 is 22.9 Å². The van der Waals surface area contributed by atoms with Crippen LogP contribution in [0.25, 0.3) is 0 Å². The Morgan fingerprint density at radius 2 is 2.38 bits per heavy atom. The predicted octanol–water partition coefficient (Wildman–Crippen LogP) is 2.05. The fourth-order valence-corrected chi connectivity index (χ4v) is 1.98. The zero-order valence-corrected chi connectivity index (χ0v) is 10.6. The maximum Gasteiger partial charge on any atom is 0.224 e. The first-order valence-corrected chi connectivity index (χ1v) is 6.72. The van der Waals surface area contributed by atoms with Crippen LogP contribution < -0.4 is 5.32 Å². The van der Waals surface area contributed by atoms with E-state index < -0.39 is 0 Å². The second-order valence-corrected chi connectivity index (χ2v) is 4.47. The van der Waals surface area contributed by atoms with E-state index in [1.165, 1.54) is 0 Å².